The Morgan fingerprint density at radius 1 is 1.17 bits per heavy atom. The van der Waals surface area contributed by atoms with E-state index >= 15 is 0 Å². The first-order valence-electron chi connectivity index (χ1n) is 12.3. The van der Waals surface area contributed by atoms with Gasteiger partial charge in [-0.1, -0.05) is 38.5 Å². The topological polar surface area (TPSA) is 132 Å². The van der Waals surface area contributed by atoms with Crippen molar-refractivity contribution in [3.63, 3.8) is 0 Å². The number of nitrogens with one attached hydrogen (secondary N) is 2. The zero-order valence-electron chi connectivity index (χ0n) is 20.5. The smallest absolute Gasteiger partial charge is 0.394 e. The second-order valence-corrected chi connectivity index (χ2v) is 8.84. The summed E-state index contributed by atoms with van der Waals surface area (Å²) in [5.74, 6) is -1.89. The van der Waals surface area contributed by atoms with Crippen LogP contribution in [0.15, 0.2) is 15.8 Å². The van der Waals surface area contributed by atoms with Crippen LogP contribution in [0.3, 0.4) is 0 Å². The fourth-order valence-corrected chi connectivity index (χ4v) is 3.90. The van der Waals surface area contributed by atoms with Gasteiger partial charge in [-0.3, -0.25) is 19.1 Å². The Labute approximate surface area is 207 Å². The SMILES string of the molecule is Cc1cn([C@H]2C[C@H](OCOCCCCCCCCCCNC(=O)C(F)(F)F)[C@@H](CO)O2)c(=O)[nH]c1=O. The summed E-state index contributed by atoms with van der Waals surface area (Å²) in [5, 5.41) is 11.4. The molecule has 0 spiro atoms. The van der Waals surface area contributed by atoms with Gasteiger partial charge in [0, 0.05) is 31.3 Å². The van der Waals surface area contributed by atoms with Gasteiger partial charge in [0.2, 0.25) is 0 Å². The summed E-state index contributed by atoms with van der Waals surface area (Å²) in [6.45, 7) is 1.89. The molecule has 0 aromatic carbocycles. The number of aliphatic hydroxyl groups is 1. The van der Waals surface area contributed by atoms with Crippen LogP contribution in [0.4, 0.5) is 13.2 Å². The Bertz CT molecular complexity index is 919. The van der Waals surface area contributed by atoms with Crippen LogP contribution >= 0.6 is 0 Å². The molecule has 0 saturated carbocycles. The van der Waals surface area contributed by atoms with Crippen LogP contribution in [-0.2, 0) is 19.0 Å². The number of ether oxygens (including phenoxy) is 3. The van der Waals surface area contributed by atoms with Crippen molar-refractivity contribution in [1.82, 2.24) is 14.9 Å². The number of alkyl halides is 3. The molecule has 206 valence electrons. The molecular formula is C23H36F3N3O7. The Balaban J connectivity index is 1.49. The van der Waals surface area contributed by atoms with Crippen LogP contribution in [0, 0.1) is 6.92 Å². The number of nitrogens with zero attached hydrogens (tertiary/aromatic N) is 1. The molecule has 2 heterocycles. The van der Waals surface area contributed by atoms with Crippen LogP contribution in [0.1, 0.15) is 69.6 Å². The van der Waals surface area contributed by atoms with Crippen molar-refractivity contribution in [3.05, 3.63) is 32.6 Å². The van der Waals surface area contributed by atoms with Crippen molar-refractivity contribution in [2.45, 2.75) is 89.3 Å². The van der Waals surface area contributed by atoms with Gasteiger partial charge < -0.3 is 24.6 Å². The maximum atomic E-state index is 12.1. The van der Waals surface area contributed by atoms with Crippen LogP contribution in [0.2, 0.25) is 0 Å². The van der Waals surface area contributed by atoms with Crippen molar-refractivity contribution in [2.24, 2.45) is 0 Å². The van der Waals surface area contributed by atoms with Gasteiger partial charge in [0.1, 0.15) is 19.1 Å². The molecule has 13 heteroatoms. The Morgan fingerprint density at radius 3 is 2.44 bits per heavy atom. The van der Waals surface area contributed by atoms with Gasteiger partial charge in [-0.25, -0.2) is 4.79 Å². The highest BCUT2D eigenvalue weighted by atomic mass is 19.4. The van der Waals surface area contributed by atoms with Crippen molar-refractivity contribution in [3.8, 4) is 0 Å². The van der Waals surface area contributed by atoms with Crippen molar-refractivity contribution in [2.75, 3.05) is 26.6 Å². The van der Waals surface area contributed by atoms with Crippen molar-refractivity contribution < 1.29 is 37.3 Å². The number of H-pyrrole nitrogens is 1. The third-order valence-electron chi connectivity index (χ3n) is 5.94. The molecule has 2 rings (SSSR count). The van der Waals surface area contributed by atoms with Gasteiger partial charge in [-0.15, -0.1) is 0 Å². The number of aryl methyl sites for hydroxylation is 1. The minimum Gasteiger partial charge on any atom is -0.394 e. The average Bonchev–Trinajstić information content (AvgIpc) is 3.23. The predicted octanol–water partition coefficient (Wildman–Crippen LogP) is 2.28. The molecule has 3 N–H and O–H groups in total. The summed E-state index contributed by atoms with van der Waals surface area (Å²) < 4.78 is 54.3. The van der Waals surface area contributed by atoms with E-state index < -0.39 is 41.8 Å². The fourth-order valence-electron chi connectivity index (χ4n) is 3.90. The van der Waals surface area contributed by atoms with Gasteiger partial charge >= 0.3 is 17.8 Å². The third-order valence-corrected chi connectivity index (χ3v) is 5.94. The van der Waals surface area contributed by atoms with Gasteiger partial charge in [-0.05, 0) is 19.8 Å². The van der Waals surface area contributed by atoms with Gasteiger partial charge in [-0.2, -0.15) is 13.2 Å². The highest BCUT2D eigenvalue weighted by Gasteiger charge is 2.38. The summed E-state index contributed by atoms with van der Waals surface area (Å²) >= 11 is 0. The number of carbonyl (C=O) groups is 1. The molecule has 3 atom stereocenters. The summed E-state index contributed by atoms with van der Waals surface area (Å²) in [7, 11) is 0. The molecule has 0 aliphatic carbocycles. The summed E-state index contributed by atoms with van der Waals surface area (Å²) in [6.07, 6.45) is 2.28. The van der Waals surface area contributed by atoms with Gasteiger partial charge in [0.15, 0.2) is 0 Å². The first-order chi connectivity index (χ1) is 17.1. The van der Waals surface area contributed by atoms with Crippen LogP contribution < -0.4 is 16.6 Å². The van der Waals surface area contributed by atoms with E-state index in [1.165, 1.54) is 10.8 Å². The molecule has 1 aromatic rings. The van der Waals surface area contributed by atoms with Crippen LogP contribution in [0.5, 0.6) is 0 Å². The molecule has 36 heavy (non-hydrogen) atoms. The molecule has 0 bridgehead atoms. The lowest BCUT2D eigenvalue weighted by atomic mass is 10.1. The number of amides is 1. The fraction of sp³-hybridized carbons (Fsp3) is 0.783. The normalized spacial score (nSPS) is 20.1. The van der Waals surface area contributed by atoms with Crippen molar-refractivity contribution >= 4 is 5.91 Å². The van der Waals surface area contributed by atoms with E-state index in [2.05, 4.69) is 4.98 Å². The summed E-state index contributed by atoms with van der Waals surface area (Å²) in [5.41, 5.74) is -0.663. The number of aromatic amines is 1. The lowest BCUT2D eigenvalue weighted by Crippen LogP contribution is -2.37. The molecule has 1 saturated heterocycles. The number of hydrogen-bond donors (Lipinski definition) is 3. The number of carbonyl (C=O) groups excluding carboxylic acids is 1. The lowest BCUT2D eigenvalue weighted by Gasteiger charge is -2.16. The molecule has 1 aliphatic rings. The standard InChI is InChI=1S/C23H36F3N3O7/c1-16-13-29(22(33)28-20(16)31)19-12-17(18(14-30)36-19)35-15-34-11-9-7-5-3-2-4-6-8-10-27-21(32)23(24,25)26/h13,17-19,30H,2-12,14-15H2,1H3,(H,27,32)(H,28,31,33)/t17-,18+,19+/m0/s1. The molecule has 0 radical (unpaired) electrons. The number of unbranched alkanes of at least 4 members (excludes halogenated alkanes) is 7. The second kappa shape index (κ2) is 15.1. The van der Waals surface area contributed by atoms with Gasteiger partial charge in [0.05, 0.1) is 12.7 Å². The Hall–Kier alpha value is -2.22. The van der Waals surface area contributed by atoms with E-state index in [1.54, 1.807) is 6.92 Å². The third kappa shape index (κ3) is 10.0. The summed E-state index contributed by atoms with van der Waals surface area (Å²) in [4.78, 5) is 36.5. The lowest BCUT2D eigenvalue weighted by molar-refractivity contribution is -0.173. The molecule has 1 amide bonds. The molecule has 1 aliphatic heterocycles. The van der Waals surface area contributed by atoms with E-state index in [-0.39, 0.29) is 19.9 Å². The molecule has 1 aromatic heterocycles. The number of aromatic nitrogens is 2. The molecule has 0 unspecified atom stereocenters. The zero-order chi connectivity index (χ0) is 26.6. The Kier molecular flexibility index (Phi) is 12.6. The van der Waals surface area contributed by atoms with E-state index in [0.717, 1.165) is 44.9 Å². The second-order valence-electron chi connectivity index (χ2n) is 8.84. The molecule has 1 fully saturated rings. The maximum Gasteiger partial charge on any atom is 0.471 e. The first kappa shape index (κ1) is 30.0. The number of aliphatic hydroxyl groups excluding tert-OH is 1. The van der Waals surface area contributed by atoms with E-state index in [4.69, 9.17) is 14.2 Å². The van der Waals surface area contributed by atoms with Crippen molar-refractivity contribution in [1.29, 1.82) is 0 Å². The monoisotopic (exact) mass is 523 g/mol. The van der Waals surface area contributed by atoms with Gasteiger partial charge in [0.25, 0.3) is 5.56 Å². The van der Waals surface area contributed by atoms with E-state index in [0.29, 0.717) is 25.0 Å². The highest BCUT2D eigenvalue weighted by Crippen LogP contribution is 2.29. The zero-order valence-corrected chi connectivity index (χ0v) is 20.5. The van der Waals surface area contributed by atoms with Crippen LogP contribution in [0.25, 0.3) is 0 Å². The predicted molar refractivity (Wildman–Crippen MR) is 123 cm³/mol. The maximum absolute atomic E-state index is 12.1. The number of halogens is 3. The minimum atomic E-state index is -4.82. The number of hydrogen-bond acceptors (Lipinski definition) is 7. The quantitative estimate of drug-likeness (QED) is 0.224. The molecular weight excluding hydrogens is 487 g/mol. The average molecular weight is 524 g/mol. The van der Waals surface area contributed by atoms with E-state index in [1.807, 2.05) is 5.32 Å². The number of rotatable bonds is 16. The largest absolute Gasteiger partial charge is 0.471 e. The van der Waals surface area contributed by atoms with Crippen LogP contribution in [-0.4, -0.2) is 65.5 Å². The molecule has 10 nitrogen and oxygen atoms in total. The summed E-state index contributed by atoms with van der Waals surface area (Å²) in [6, 6.07) is 0. The minimum absolute atomic E-state index is 0.0294. The highest BCUT2D eigenvalue weighted by molar-refractivity contribution is 5.81. The van der Waals surface area contributed by atoms with E-state index in [9.17, 15) is 32.7 Å². The Morgan fingerprint density at radius 2 is 1.81 bits per heavy atom. The first-order valence-corrected chi connectivity index (χ1v) is 12.3.